The second kappa shape index (κ2) is 9.50. The molecule has 0 spiro atoms. The lowest BCUT2D eigenvalue weighted by molar-refractivity contribution is 1.18. The van der Waals surface area contributed by atoms with Crippen LogP contribution in [0.25, 0.3) is 99.1 Å². The third kappa shape index (κ3) is 3.43. The van der Waals surface area contributed by atoms with Gasteiger partial charge in [0.15, 0.2) is 5.65 Å². The Morgan fingerprint density at radius 2 is 1.00 bits per heavy atom. The summed E-state index contributed by atoms with van der Waals surface area (Å²) in [7, 11) is 0. The van der Waals surface area contributed by atoms with Gasteiger partial charge in [0.25, 0.3) is 0 Å². The van der Waals surface area contributed by atoms with E-state index in [1.54, 1.807) is 0 Å². The van der Waals surface area contributed by atoms with Crippen molar-refractivity contribution >= 4 is 71.2 Å². The van der Waals surface area contributed by atoms with Gasteiger partial charge in [0.1, 0.15) is 5.52 Å². The maximum absolute atomic E-state index is 5.25. The minimum absolute atomic E-state index is 0.900. The molecule has 0 aliphatic heterocycles. The van der Waals surface area contributed by atoms with Gasteiger partial charge in [0.2, 0.25) is 0 Å². The van der Waals surface area contributed by atoms with E-state index in [-0.39, 0.29) is 0 Å². The molecule has 11 aromatic rings. The SMILES string of the molecule is c1ccc(-c2cc(-c3ccccc3)cc(-n3c4ccccc4c4c3ccc3c5cccc6c7nc8ccccc8nc7n(c56)c34)c2)cc1. The molecule has 0 saturated heterocycles. The van der Waals surface area contributed by atoms with Gasteiger partial charge in [-0.05, 0) is 64.7 Å². The highest BCUT2D eigenvalue weighted by Gasteiger charge is 2.24. The summed E-state index contributed by atoms with van der Waals surface area (Å²) in [5, 5.41) is 6.03. The van der Waals surface area contributed by atoms with E-state index >= 15 is 0 Å². The van der Waals surface area contributed by atoms with Crippen molar-refractivity contribution in [1.29, 1.82) is 0 Å². The summed E-state index contributed by atoms with van der Waals surface area (Å²) >= 11 is 0. The number of rotatable bonds is 3. The lowest BCUT2D eigenvalue weighted by Gasteiger charge is -2.14. The molecule has 0 radical (unpaired) electrons. The highest BCUT2D eigenvalue weighted by molar-refractivity contribution is 6.30. The first kappa shape index (κ1) is 25.6. The van der Waals surface area contributed by atoms with Gasteiger partial charge >= 0.3 is 0 Å². The highest BCUT2D eigenvalue weighted by atomic mass is 15.0. The monoisotopic (exact) mass is 610 g/mol. The molecule has 0 aliphatic carbocycles. The van der Waals surface area contributed by atoms with Crippen LogP contribution >= 0.6 is 0 Å². The summed E-state index contributed by atoms with van der Waals surface area (Å²) in [6.45, 7) is 0. The minimum Gasteiger partial charge on any atom is -0.309 e. The van der Waals surface area contributed by atoms with Gasteiger partial charge in [-0.3, -0.25) is 4.40 Å². The number of hydrogen-bond donors (Lipinski definition) is 0. The van der Waals surface area contributed by atoms with Gasteiger partial charge in [0, 0.05) is 32.6 Å². The zero-order valence-electron chi connectivity index (χ0n) is 25.8. The molecule has 222 valence electrons. The van der Waals surface area contributed by atoms with Gasteiger partial charge in [-0.1, -0.05) is 115 Å². The van der Waals surface area contributed by atoms with Crippen LogP contribution < -0.4 is 0 Å². The molecular formula is C44H26N4. The Hall–Kier alpha value is -6.52. The fourth-order valence-corrected chi connectivity index (χ4v) is 7.95. The van der Waals surface area contributed by atoms with Crippen LogP contribution in [0.5, 0.6) is 0 Å². The van der Waals surface area contributed by atoms with Crippen LogP contribution in [-0.4, -0.2) is 18.9 Å². The Morgan fingerprint density at radius 3 is 1.75 bits per heavy atom. The van der Waals surface area contributed by atoms with Gasteiger partial charge in [-0.25, -0.2) is 9.97 Å². The van der Waals surface area contributed by atoms with Crippen molar-refractivity contribution in [3.63, 3.8) is 0 Å². The molecule has 0 atom stereocenters. The van der Waals surface area contributed by atoms with Gasteiger partial charge in [-0.15, -0.1) is 0 Å². The smallest absolute Gasteiger partial charge is 0.165 e. The van der Waals surface area contributed by atoms with Crippen LogP contribution in [0.2, 0.25) is 0 Å². The van der Waals surface area contributed by atoms with E-state index < -0.39 is 0 Å². The quantitative estimate of drug-likeness (QED) is 0.199. The maximum atomic E-state index is 5.25. The number of hydrogen-bond acceptors (Lipinski definition) is 2. The van der Waals surface area contributed by atoms with Gasteiger partial charge in [0.05, 0.1) is 33.1 Å². The molecular weight excluding hydrogens is 585 g/mol. The minimum atomic E-state index is 0.900. The summed E-state index contributed by atoms with van der Waals surface area (Å²) in [5.41, 5.74) is 14.2. The lowest BCUT2D eigenvalue weighted by atomic mass is 9.98. The first-order chi connectivity index (χ1) is 23.8. The Balaban J connectivity index is 1.31. The molecule has 0 amide bonds. The molecule has 0 bridgehead atoms. The average Bonchev–Trinajstić information content (AvgIpc) is 3.79. The molecule has 7 aromatic carbocycles. The topological polar surface area (TPSA) is 35.1 Å². The van der Waals surface area contributed by atoms with Crippen LogP contribution in [0, 0.1) is 0 Å². The summed E-state index contributed by atoms with van der Waals surface area (Å²) in [5.74, 6) is 0. The molecule has 4 aromatic heterocycles. The largest absolute Gasteiger partial charge is 0.309 e. The van der Waals surface area contributed by atoms with Crippen molar-refractivity contribution in [3.8, 4) is 27.9 Å². The number of aromatic nitrogens is 4. The predicted molar refractivity (Wildman–Crippen MR) is 199 cm³/mol. The highest BCUT2D eigenvalue weighted by Crippen LogP contribution is 2.44. The van der Waals surface area contributed by atoms with E-state index in [1.807, 2.05) is 18.2 Å². The van der Waals surface area contributed by atoms with Gasteiger partial charge in [-0.2, -0.15) is 0 Å². The van der Waals surface area contributed by atoms with E-state index in [0.29, 0.717) is 0 Å². The van der Waals surface area contributed by atoms with Crippen LogP contribution in [0.15, 0.2) is 158 Å². The molecule has 0 N–H and O–H groups in total. The Kier molecular flexibility index (Phi) is 5.08. The summed E-state index contributed by atoms with van der Waals surface area (Å²) in [4.78, 5) is 10.4. The summed E-state index contributed by atoms with van der Waals surface area (Å²) < 4.78 is 4.82. The molecule has 0 fully saturated rings. The van der Waals surface area contributed by atoms with E-state index in [2.05, 4.69) is 148 Å². The van der Waals surface area contributed by atoms with E-state index in [4.69, 9.17) is 9.97 Å². The Morgan fingerprint density at radius 1 is 0.396 bits per heavy atom. The first-order valence-electron chi connectivity index (χ1n) is 16.3. The van der Waals surface area contributed by atoms with Crippen LogP contribution in [0.4, 0.5) is 0 Å². The molecule has 4 heteroatoms. The number of benzene rings is 7. The van der Waals surface area contributed by atoms with Crippen LogP contribution in [0.1, 0.15) is 0 Å². The van der Waals surface area contributed by atoms with Crippen molar-refractivity contribution in [1.82, 2.24) is 18.9 Å². The second-order valence-corrected chi connectivity index (χ2v) is 12.6. The Bertz CT molecular complexity index is 2990. The van der Waals surface area contributed by atoms with E-state index in [1.165, 1.54) is 60.3 Å². The average molecular weight is 611 g/mol. The van der Waals surface area contributed by atoms with Crippen LogP contribution in [0.3, 0.4) is 0 Å². The van der Waals surface area contributed by atoms with Crippen molar-refractivity contribution < 1.29 is 0 Å². The molecule has 48 heavy (non-hydrogen) atoms. The second-order valence-electron chi connectivity index (χ2n) is 12.6. The maximum Gasteiger partial charge on any atom is 0.165 e. The first-order valence-corrected chi connectivity index (χ1v) is 16.3. The Labute approximate surface area is 275 Å². The fraction of sp³-hybridized carbons (Fsp3) is 0. The number of fused-ring (bicyclic) bond motifs is 11. The van der Waals surface area contributed by atoms with Crippen molar-refractivity contribution in [2.75, 3.05) is 0 Å². The molecule has 4 heterocycles. The standard InChI is InChI=1S/C44H26N4/c1-3-12-27(13-4-1)29-24-30(28-14-5-2-6-15-28)26-31(25-29)47-38-21-10-7-16-34(38)40-39(47)23-22-33-32-17-11-18-35-41-44(48(42(32)35)43(33)40)46-37-20-9-8-19-36(37)45-41/h1-26H. The third-order valence-electron chi connectivity index (χ3n) is 9.99. The zero-order valence-corrected chi connectivity index (χ0v) is 25.8. The van der Waals surface area contributed by atoms with Crippen molar-refractivity contribution in [2.24, 2.45) is 0 Å². The lowest BCUT2D eigenvalue weighted by Crippen LogP contribution is -1.96. The van der Waals surface area contributed by atoms with E-state index in [9.17, 15) is 0 Å². The normalized spacial score (nSPS) is 12.2. The van der Waals surface area contributed by atoms with E-state index in [0.717, 1.165) is 38.8 Å². The summed E-state index contributed by atoms with van der Waals surface area (Å²) in [6, 6.07) is 56.5. The number of para-hydroxylation sites is 4. The molecule has 0 saturated carbocycles. The van der Waals surface area contributed by atoms with Crippen LogP contribution in [-0.2, 0) is 0 Å². The molecule has 11 rings (SSSR count). The zero-order chi connectivity index (χ0) is 31.3. The molecule has 0 unspecified atom stereocenters. The van der Waals surface area contributed by atoms with Crippen molar-refractivity contribution in [2.45, 2.75) is 0 Å². The number of nitrogens with zero attached hydrogens (tertiary/aromatic N) is 4. The van der Waals surface area contributed by atoms with Gasteiger partial charge < -0.3 is 4.57 Å². The third-order valence-corrected chi connectivity index (χ3v) is 9.99. The molecule has 0 aliphatic rings. The molecule has 4 nitrogen and oxygen atoms in total. The predicted octanol–water partition coefficient (Wildman–Crippen LogP) is 11.2. The summed E-state index contributed by atoms with van der Waals surface area (Å²) in [6.07, 6.45) is 0. The van der Waals surface area contributed by atoms with Crippen molar-refractivity contribution in [3.05, 3.63) is 158 Å². The fourth-order valence-electron chi connectivity index (χ4n) is 7.95.